The number of amides is 1. The summed E-state index contributed by atoms with van der Waals surface area (Å²) in [5, 5.41) is 12.0. The molecular formula is C33H29ClN2O5S. The number of aromatic nitrogens is 1. The zero-order valence-electron chi connectivity index (χ0n) is 23.4. The molecule has 0 saturated heterocycles. The fourth-order valence-corrected chi connectivity index (χ4v) is 7.18. The molecule has 0 spiro atoms. The van der Waals surface area contributed by atoms with E-state index in [1.807, 2.05) is 51.1 Å². The number of ketones is 1. The first-order valence-corrected chi connectivity index (χ1v) is 15.1. The van der Waals surface area contributed by atoms with Crippen LogP contribution in [0.5, 0.6) is 11.5 Å². The van der Waals surface area contributed by atoms with Gasteiger partial charge in [0, 0.05) is 17.1 Å². The minimum Gasteiger partial charge on any atom is -0.506 e. The van der Waals surface area contributed by atoms with Crippen molar-refractivity contribution in [3.8, 4) is 11.5 Å². The number of halogens is 1. The number of primary amides is 1. The van der Waals surface area contributed by atoms with E-state index >= 15 is 0 Å². The highest BCUT2D eigenvalue weighted by molar-refractivity contribution is 7.83. The molecule has 1 amide bonds. The molecule has 3 N–H and O–H groups in total. The van der Waals surface area contributed by atoms with Gasteiger partial charge in [0.25, 0.3) is 5.91 Å². The Labute approximate surface area is 250 Å². The fourth-order valence-electron chi connectivity index (χ4n) is 5.61. The predicted molar refractivity (Wildman–Crippen MR) is 165 cm³/mol. The van der Waals surface area contributed by atoms with Crippen molar-refractivity contribution in [1.29, 1.82) is 0 Å². The lowest BCUT2D eigenvalue weighted by molar-refractivity contribution is 0.0914. The van der Waals surface area contributed by atoms with Gasteiger partial charge in [-0.2, -0.15) is 0 Å². The quantitative estimate of drug-likeness (QED) is 0.188. The highest BCUT2D eigenvalue weighted by atomic mass is 35.5. The fraction of sp³-hybridized carbons (Fsp3) is 0.212. The lowest BCUT2D eigenvalue weighted by atomic mass is 10.0. The number of hydrogen-bond acceptors (Lipinski definition) is 5. The predicted octanol–water partition coefficient (Wildman–Crippen LogP) is 6.89. The molecule has 1 fully saturated rings. The van der Waals surface area contributed by atoms with Gasteiger partial charge in [0.15, 0.2) is 17.6 Å². The maximum Gasteiger partial charge on any atom is 0.252 e. The van der Waals surface area contributed by atoms with E-state index in [1.54, 1.807) is 16.2 Å². The van der Waals surface area contributed by atoms with Gasteiger partial charge >= 0.3 is 0 Å². The number of Topliss-reactive ketones (excluding diaryl/α,β-unsaturated/α-hetero) is 1. The monoisotopic (exact) mass is 600 g/mol. The third kappa shape index (κ3) is 5.05. The molecule has 4 aromatic carbocycles. The normalized spacial score (nSPS) is 13.9. The maximum atomic E-state index is 14.1. The topological polar surface area (TPSA) is 112 Å². The Hall–Kier alpha value is -4.14. The molecule has 1 unspecified atom stereocenters. The number of fused-ring (bicyclic) bond motifs is 2. The summed E-state index contributed by atoms with van der Waals surface area (Å²) >= 11 is 6.03. The van der Waals surface area contributed by atoms with Gasteiger partial charge in [0.2, 0.25) is 5.78 Å². The number of aromatic hydroxyl groups is 1. The van der Waals surface area contributed by atoms with Crippen LogP contribution in [0.2, 0.25) is 5.02 Å². The molecule has 1 aliphatic rings. The number of carbonyl (C=O) groups is 2. The van der Waals surface area contributed by atoms with Gasteiger partial charge in [-0.15, -0.1) is 0 Å². The number of aryl methyl sites for hydroxylation is 3. The van der Waals surface area contributed by atoms with Gasteiger partial charge in [0.05, 0.1) is 21.0 Å². The lowest BCUT2D eigenvalue weighted by Crippen LogP contribution is -2.16. The average molecular weight is 601 g/mol. The minimum absolute atomic E-state index is 0.0833. The number of phenolic OH excluding ortho intramolecular Hbond substituents is 1. The highest BCUT2D eigenvalue weighted by Gasteiger charge is 2.27. The zero-order valence-corrected chi connectivity index (χ0v) is 24.9. The van der Waals surface area contributed by atoms with Crippen LogP contribution in [0, 0.1) is 20.8 Å². The number of carbonyl (C=O) groups excluding carboxylic acids is 2. The van der Waals surface area contributed by atoms with E-state index in [9.17, 15) is 18.9 Å². The Morgan fingerprint density at radius 3 is 2.36 bits per heavy atom. The summed E-state index contributed by atoms with van der Waals surface area (Å²) in [6.07, 6.45) is 3.86. The summed E-state index contributed by atoms with van der Waals surface area (Å²) in [7, 11) is -1.59. The average Bonchev–Trinajstić information content (AvgIpc) is 3.71. The first-order chi connectivity index (χ1) is 20.0. The summed E-state index contributed by atoms with van der Waals surface area (Å²) in [6.45, 7) is 5.52. The van der Waals surface area contributed by atoms with E-state index in [1.165, 1.54) is 18.2 Å². The molecule has 1 aliphatic carbocycles. The third-order valence-corrected chi connectivity index (χ3v) is 9.69. The van der Waals surface area contributed by atoms with E-state index in [0.717, 1.165) is 45.5 Å². The van der Waals surface area contributed by atoms with Crippen LogP contribution < -0.4 is 10.5 Å². The van der Waals surface area contributed by atoms with Crippen molar-refractivity contribution in [3.63, 3.8) is 0 Å². The van der Waals surface area contributed by atoms with Gasteiger partial charge in [-0.05, 0) is 97.3 Å². The van der Waals surface area contributed by atoms with Crippen molar-refractivity contribution in [3.05, 3.63) is 99.2 Å². The van der Waals surface area contributed by atoms with E-state index in [-0.39, 0.29) is 34.5 Å². The van der Waals surface area contributed by atoms with Crippen molar-refractivity contribution in [2.45, 2.75) is 44.4 Å². The second-order valence-electron chi connectivity index (χ2n) is 11.0. The van der Waals surface area contributed by atoms with Gasteiger partial charge < -0.3 is 15.6 Å². The molecule has 1 aromatic heterocycles. The number of nitrogens with two attached hydrogens (primary N) is 1. The Morgan fingerprint density at radius 1 is 1.00 bits per heavy atom. The Bertz CT molecular complexity index is 1950. The Morgan fingerprint density at radius 2 is 1.69 bits per heavy atom. The number of hydrogen-bond donors (Lipinski definition) is 2. The van der Waals surface area contributed by atoms with E-state index in [2.05, 4.69) is 0 Å². The lowest BCUT2D eigenvalue weighted by Gasteiger charge is -2.13. The Kier molecular flexibility index (Phi) is 7.07. The maximum absolute atomic E-state index is 14.1. The second kappa shape index (κ2) is 10.6. The first kappa shape index (κ1) is 28.0. The molecule has 9 heteroatoms. The second-order valence-corrected chi connectivity index (χ2v) is 12.7. The molecule has 1 atom stereocenters. The molecule has 0 bridgehead atoms. The number of ether oxygens (including phenoxy) is 1. The van der Waals surface area contributed by atoms with Crippen molar-refractivity contribution < 1.29 is 23.6 Å². The van der Waals surface area contributed by atoms with Crippen LogP contribution >= 0.6 is 11.6 Å². The van der Waals surface area contributed by atoms with Crippen molar-refractivity contribution in [1.82, 2.24) is 3.97 Å². The molecule has 0 aliphatic heterocycles. The van der Waals surface area contributed by atoms with Crippen LogP contribution in [-0.2, 0) is 11.0 Å². The smallest absolute Gasteiger partial charge is 0.252 e. The van der Waals surface area contributed by atoms with Crippen LogP contribution in [-0.4, -0.2) is 31.6 Å². The molecular weight excluding hydrogens is 572 g/mol. The molecule has 42 heavy (non-hydrogen) atoms. The molecule has 7 nitrogen and oxygen atoms in total. The summed E-state index contributed by atoms with van der Waals surface area (Å²) in [5.74, 6) is -0.609. The highest BCUT2D eigenvalue weighted by Crippen LogP contribution is 2.42. The summed E-state index contributed by atoms with van der Waals surface area (Å²) in [4.78, 5) is 26.6. The van der Waals surface area contributed by atoms with E-state index < -0.39 is 16.9 Å². The first-order valence-electron chi connectivity index (χ1n) is 13.6. The molecule has 5 aromatic rings. The van der Waals surface area contributed by atoms with Crippen molar-refractivity contribution >= 4 is 56.0 Å². The summed E-state index contributed by atoms with van der Waals surface area (Å²) < 4.78 is 21.6. The van der Waals surface area contributed by atoms with E-state index in [4.69, 9.17) is 22.1 Å². The number of rotatable bonds is 8. The van der Waals surface area contributed by atoms with Gasteiger partial charge in [0.1, 0.15) is 11.5 Å². The van der Waals surface area contributed by atoms with Crippen LogP contribution in [0.15, 0.2) is 65.7 Å². The van der Waals surface area contributed by atoms with Gasteiger partial charge in [-0.1, -0.05) is 41.4 Å². The molecule has 0 radical (unpaired) electrons. The van der Waals surface area contributed by atoms with Crippen molar-refractivity contribution in [2.24, 2.45) is 5.73 Å². The van der Waals surface area contributed by atoms with Crippen LogP contribution in [0.25, 0.3) is 21.7 Å². The van der Waals surface area contributed by atoms with E-state index in [0.29, 0.717) is 27.6 Å². The molecule has 6 rings (SSSR count). The number of nitrogens with zero attached hydrogens (tertiary/aromatic N) is 1. The largest absolute Gasteiger partial charge is 0.506 e. The molecule has 1 saturated carbocycles. The number of benzene rings is 4. The van der Waals surface area contributed by atoms with Crippen LogP contribution in [0.4, 0.5) is 0 Å². The SMILES string of the molecule is Cc1cc(C)c(S(=O)n2cc(C(=O)COc3cc4cc(O)c(Cl)cc4cc3C(N)=O)c3ccc(C4CC4)cc32)c(C)c1. The summed E-state index contributed by atoms with van der Waals surface area (Å²) in [6, 6.07) is 16.0. The zero-order chi connectivity index (χ0) is 29.9. The van der Waals surface area contributed by atoms with Crippen LogP contribution in [0.1, 0.15) is 61.7 Å². The minimum atomic E-state index is -1.59. The van der Waals surface area contributed by atoms with Crippen LogP contribution in [0.3, 0.4) is 0 Å². The number of phenols is 1. The molecule has 1 heterocycles. The van der Waals surface area contributed by atoms with Crippen molar-refractivity contribution in [2.75, 3.05) is 6.61 Å². The molecule has 214 valence electrons. The van der Waals surface area contributed by atoms with Gasteiger partial charge in [-0.3, -0.25) is 13.6 Å². The summed E-state index contributed by atoms with van der Waals surface area (Å²) in [5.41, 5.74) is 10.9. The third-order valence-electron chi connectivity index (χ3n) is 7.73. The van der Waals surface area contributed by atoms with Gasteiger partial charge in [-0.25, -0.2) is 4.21 Å². The standard InChI is InChI=1S/C33H29ClN2O5S/c1-17-8-18(2)32(19(3)9-17)42(40)36-15-26(24-7-6-21(12-28(24)36)20-4-5-20)30(38)16-41-31-14-23-13-29(37)27(34)11-22(23)10-25(31)33(35)39/h6-15,20,37H,4-5,16H2,1-3H3,(H2,35,39). The Balaban J connectivity index is 1.39.